The highest BCUT2D eigenvalue weighted by Gasteiger charge is 2.63. The Kier molecular flexibility index (Phi) is 7.92. The molecule has 0 aliphatic heterocycles. The molecule has 3 aliphatic rings. The van der Waals surface area contributed by atoms with Crippen molar-refractivity contribution in [1.82, 2.24) is 10.2 Å². The number of likely N-dealkylation sites (N-methyl/N-ethyl adjacent to an activating group) is 1. The fraction of sp³-hybridized carbons (Fsp3) is 0.552. The van der Waals surface area contributed by atoms with Gasteiger partial charge in [0.15, 0.2) is 11.4 Å². The molecule has 1 aromatic carbocycles. The maximum absolute atomic E-state index is 14.1. The standard InChI is InChI=1S/C29H39N3O7S/c1-28(2,3)12-31-10-14-7-15(11-40-6)22(33)19-16(14)8-13-9-17-21(32(4)5)24(35)20(27(30)38)26(37)29(17,39)25(36)18(13)23(19)34/h7,13,17,21,31,33,35-36,39H,8-12H2,1-6H3,(H2,30,38)/t13-,17-,21-,29-/m0/s1. The number of nitrogens with zero attached hydrogens (tertiary/aromatic N) is 1. The Bertz CT molecular complexity index is 1340. The van der Waals surface area contributed by atoms with Crippen molar-refractivity contribution in [2.75, 3.05) is 26.9 Å². The molecule has 0 heterocycles. The number of allylic oxidation sites excluding steroid dienone is 1. The predicted molar refractivity (Wildman–Crippen MR) is 152 cm³/mol. The van der Waals surface area contributed by atoms with Gasteiger partial charge in [0.25, 0.3) is 5.91 Å². The second kappa shape index (κ2) is 10.5. The molecule has 40 heavy (non-hydrogen) atoms. The highest BCUT2D eigenvalue weighted by atomic mass is 32.2. The Balaban J connectivity index is 1.90. The number of benzene rings is 1. The number of ketones is 2. The van der Waals surface area contributed by atoms with Gasteiger partial charge in [-0.3, -0.25) is 19.3 Å². The number of Topliss-reactive ketones (excluding diaryl/α,β-unsaturated/α-hetero) is 2. The van der Waals surface area contributed by atoms with Crippen molar-refractivity contribution >= 4 is 29.2 Å². The zero-order valence-electron chi connectivity index (χ0n) is 23.8. The van der Waals surface area contributed by atoms with Gasteiger partial charge >= 0.3 is 0 Å². The number of phenolic OH excluding ortho intramolecular Hbond substituents is 1. The summed E-state index contributed by atoms with van der Waals surface area (Å²) in [5.74, 6) is -5.96. The molecule has 1 amide bonds. The third kappa shape index (κ3) is 4.72. The number of nitrogens with two attached hydrogens (primary N) is 1. The molecule has 218 valence electrons. The van der Waals surface area contributed by atoms with E-state index < -0.39 is 58.0 Å². The molecule has 0 aromatic heterocycles. The number of aliphatic hydroxyl groups is 3. The number of hydrogen-bond acceptors (Lipinski definition) is 10. The molecule has 0 saturated heterocycles. The molecule has 4 atom stereocenters. The second-order valence-corrected chi connectivity index (χ2v) is 13.3. The Labute approximate surface area is 238 Å². The maximum Gasteiger partial charge on any atom is 0.255 e. The summed E-state index contributed by atoms with van der Waals surface area (Å²) in [4.78, 5) is 41.2. The van der Waals surface area contributed by atoms with Gasteiger partial charge in [0.2, 0.25) is 5.78 Å². The third-order valence-electron chi connectivity index (χ3n) is 8.16. The van der Waals surface area contributed by atoms with Gasteiger partial charge < -0.3 is 31.5 Å². The Hall–Kier alpha value is -2.86. The average molecular weight is 574 g/mol. The minimum absolute atomic E-state index is 0.0262. The molecule has 0 spiro atoms. The summed E-state index contributed by atoms with van der Waals surface area (Å²) in [7, 11) is 3.22. The number of phenols is 1. The summed E-state index contributed by atoms with van der Waals surface area (Å²) >= 11 is 1.49. The van der Waals surface area contributed by atoms with Crippen molar-refractivity contribution in [2.24, 2.45) is 23.0 Å². The van der Waals surface area contributed by atoms with E-state index in [4.69, 9.17) is 5.73 Å². The molecule has 0 radical (unpaired) electrons. The zero-order chi connectivity index (χ0) is 29.9. The van der Waals surface area contributed by atoms with Gasteiger partial charge in [-0.05, 0) is 61.7 Å². The molecule has 0 bridgehead atoms. The van der Waals surface area contributed by atoms with Crippen LogP contribution in [-0.2, 0) is 28.3 Å². The third-order valence-corrected chi connectivity index (χ3v) is 8.76. The molecular weight excluding hydrogens is 534 g/mol. The monoisotopic (exact) mass is 573 g/mol. The van der Waals surface area contributed by atoms with Gasteiger partial charge in [0.1, 0.15) is 22.8 Å². The fourth-order valence-electron chi connectivity index (χ4n) is 6.45. The lowest BCUT2D eigenvalue weighted by Gasteiger charge is -2.50. The summed E-state index contributed by atoms with van der Waals surface area (Å²) in [5, 5.41) is 48.8. The normalized spacial score (nSPS) is 26.6. The van der Waals surface area contributed by atoms with E-state index in [0.29, 0.717) is 23.4 Å². The van der Waals surface area contributed by atoms with E-state index in [0.717, 1.165) is 12.1 Å². The number of rotatable bonds is 7. The van der Waals surface area contributed by atoms with Crippen LogP contribution in [0.15, 0.2) is 28.7 Å². The number of aromatic hydroxyl groups is 1. The number of hydrogen-bond donors (Lipinski definition) is 6. The summed E-state index contributed by atoms with van der Waals surface area (Å²) in [6.45, 7) is 7.51. The van der Waals surface area contributed by atoms with Crippen LogP contribution in [0.3, 0.4) is 0 Å². The van der Waals surface area contributed by atoms with Crippen molar-refractivity contribution in [3.8, 4) is 5.75 Å². The second-order valence-electron chi connectivity index (χ2n) is 12.5. The zero-order valence-corrected chi connectivity index (χ0v) is 24.6. The Morgan fingerprint density at radius 2 is 1.85 bits per heavy atom. The van der Waals surface area contributed by atoms with E-state index in [1.807, 2.05) is 12.3 Å². The quantitative estimate of drug-likeness (QED) is 0.265. The molecule has 11 heteroatoms. The summed E-state index contributed by atoms with van der Waals surface area (Å²) in [6.07, 6.45) is 2.22. The lowest BCUT2D eigenvalue weighted by Crippen LogP contribution is -2.63. The van der Waals surface area contributed by atoms with Crippen LogP contribution in [0.1, 0.15) is 54.2 Å². The number of fused-ring (bicyclic) bond motifs is 3. The number of aliphatic hydroxyl groups excluding tert-OH is 2. The summed E-state index contributed by atoms with van der Waals surface area (Å²) < 4.78 is 0. The molecule has 0 fully saturated rings. The molecular formula is C29H39N3O7S. The lowest BCUT2D eigenvalue weighted by molar-refractivity contribution is -0.148. The molecule has 0 saturated carbocycles. The van der Waals surface area contributed by atoms with Gasteiger partial charge in [-0.1, -0.05) is 20.8 Å². The van der Waals surface area contributed by atoms with Gasteiger partial charge in [-0.15, -0.1) is 0 Å². The van der Waals surface area contributed by atoms with Crippen molar-refractivity contribution in [2.45, 2.75) is 57.6 Å². The van der Waals surface area contributed by atoms with Gasteiger partial charge in [-0.2, -0.15) is 11.8 Å². The van der Waals surface area contributed by atoms with Gasteiger partial charge in [0, 0.05) is 35.9 Å². The lowest BCUT2D eigenvalue weighted by atomic mass is 9.58. The largest absolute Gasteiger partial charge is 0.510 e. The van der Waals surface area contributed by atoms with Crippen LogP contribution in [0, 0.1) is 17.3 Å². The number of nitrogens with one attached hydrogen (secondary N) is 1. The number of thioether (sulfide) groups is 1. The minimum Gasteiger partial charge on any atom is -0.510 e. The van der Waals surface area contributed by atoms with Crippen LogP contribution in [0.4, 0.5) is 0 Å². The first-order valence-electron chi connectivity index (χ1n) is 13.3. The van der Waals surface area contributed by atoms with Crippen molar-refractivity contribution in [3.05, 3.63) is 51.0 Å². The molecule has 7 N–H and O–H groups in total. The molecule has 1 aromatic rings. The number of carbonyl (C=O) groups is 3. The predicted octanol–water partition coefficient (Wildman–Crippen LogP) is 2.12. The molecule has 0 unspecified atom stereocenters. The molecule has 3 aliphatic carbocycles. The fourth-order valence-corrected chi connectivity index (χ4v) is 6.98. The maximum atomic E-state index is 14.1. The minimum atomic E-state index is -2.64. The smallest absolute Gasteiger partial charge is 0.255 e. The van der Waals surface area contributed by atoms with Crippen molar-refractivity contribution < 1.29 is 34.8 Å². The van der Waals surface area contributed by atoms with Crippen LogP contribution >= 0.6 is 11.8 Å². The van der Waals surface area contributed by atoms with E-state index in [9.17, 15) is 34.8 Å². The molecule has 10 nitrogen and oxygen atoms in total. The van der Waals surface area contributed by atoms with Gasteiger partial charge in [0.05, 0.1) is 11.6 Å². The van der Waals surface area contributed by atoms with Crippen LogP contribution in [-0.4, -0.2) is 81.3 Å². The van der Waals surface area contributed by atoms with Crippen LogP contribution < -0.4 is 11.1 Å². The van der Waals surface area contributed by atoms with Gasteiger partial charge in [-0.25, -0.2) is 0 Å². The van der Waals surface area contributed by atoms with Crippen LogP contribution in [0.5, 0.6) is 5.75 Å². The van der Waals surface area contributed by atoms with E-state index in [1.54, 1.807) is 19.0 Å². The molecule has 4 rings (SSSR count). The first-order valence-corrected chi connectivity index (χ1v) is 14.7. The Morgan fingerprint density at radius 1 is 1.20 bits per heavy atom. The first kappa shape index (κ1) is 30.1. The highest BCUT2D eigenvalue weighted by molar-refractivity contribution is 7.97. The number of amides is 1. The van der Waals surface area contributed by atoms with E-state index >= 15 is 0 Å². The number of carbonyl (C=O) groups excluding carboxylic acids is 3. The summed E-state index contributed by atoms with van der Waals surface area (Å²) in [6, 6.07) is 0.887. The SMILES string of the molecule is CSCc1cc(CNCC(C)(C)C)c2c(c1O)C(=O)C1=C(O)[C@]3(O)C(=O)C(C(N)=O)=C(O)[C@@H](N(C)C)[C@@H]3C[C@@H]1C2. The average Bonchev–Trinajstić information content (AvgIpc) is 2.83. The first-order chi connectivity index (χ1) is 18.6. The van der Waals surface area contributed by atoms with Crippen LogP contribution in [0.2, 0.25) is 0 Å². The van der Waals surface area contributed by atoms with E-state index in [-0.39, 0.29) is 35.1 Å². The van der Waals surface area contributed by atoms with Crippen molar-refractivity contribution in [1.29, 1.82) is 0 Å². The van der Waals surface area contributed by atoms with E-state index in [2.05, 4.69) is 26.1 Å². The number of primary amides is 1. The van der Waals surface area contributed by atoms with Crippen molar-refractivity contribution in [3.63, 3.8) is 0 Å². The highest BCUT2D eigenvalue weighted by Crippen LogP contribution is 2.52. The van der Waals surface area contributed by atoms with Crippen LogP contribution in [0.25, 0.3) is 0 Å². The topological polar surface area (TPSA) is 173 Å². The Morgan fingerprint density at radius 3 is 2.40 bits per heavy atom. The summed E-state index contributed by atoms with van der Waals surface area (Å²) in [5.41, 5.74) is 3.95. The van der Waals surface area contributed by atoms with E-state index in [1.165, 1.54) is 11.8 Å².